The maximum absolute atomic E-state index is 13.7. The number of nitrogens with zero attached hydrogens (tertiary/aromatic N) is 1. The zero-order valence-electron chi connectivity index (χ0n) is 16.4. The first-order chi connectivity index (χ1) is 13.7. The van der Waals surface area contributed by atoms with E-state index in [9.17, 15) is 12.8 Å². The van der Waals surface area contributed by atoms with E-state index in [2.05, 4.69) is 14.7 Å². The van der Waals surface area contributed by atoms with Crippen LogP contribution in [-0.2, 0) is 16.4 Å². The van der Waals surface area contributed by atoms with E-state index in [1.54, 1.807) is 6.07 Å². The average Bonchev–Trinajstić information content (AvgIpc) is 3.04. The Morgan fingerprint density at radius 1 is 1.28 bits per heavy atom. The zero-order valence-corrected chi connectivity index (χ0v) is 17.2. The molecule has 1 aliphatic heterocycles. The molecule has 1 aromatic heterocycles. The molecule has 0 saturated heterocycles. The SMILES string of the molecule is CC1(C)CC(NS(=O)(=O)CCCc2nc3ccccc3[nH]2)c2cc(F)ccc2O1. The van der Waals surface area contributed by atoms with Crippen molar-refractivity contribution >= 4 is 21.1 Å². The summed E-state index contributed by atoms with van der Waals surface area (Å²) in [6, 6.07) is 11.4. The second-order valence-corrected chi connectivity index (χ2v) is 9.91. The van der Waals surface area contributed by atoms with Crippen molar-refractivity contribution in [2.75, 3.05) is 5.75 Å². The molecule has 6 nitrogen and oxygen atoms in total. The Labute approximate surface area is 169 Å². The Kier molecular flexibility index (Phi) is 5.08. The summed E-state index contributed by atoms with van der Waals surface area (Å²) in [6.45, 7) is 3.78. The Hall–Kier alpha value is -2.45. The molecular weight excluding hydrogens is 393 g/mol. The minimum Gasteiger partial charge on any atom is -0.487 e. The minimum absolute atomic E-state index is 0.0352. The van der Waals surface area contributed by atoms with Gasteiger partial charge in [-0.15, -0.1) is 0 Å². The Morgan fingerprint density at radius 3 is 2.86 bits per heavy atom. The van der Waals surface area contributed by atoms with E-state index in [1.165, 1.54) is 12.1 Å². The largest absolute Gasteiger partial charge is 0.487 e. The van der Waals surface area contributed by atoms with Crippen molar-refractivity contribution in [1.82, 2.24) is 14.7 Å². The van der Waals surface area contributed by atoms with Crippen LogP contribution < -0.4 is 9.46 Å². The molecule has 0 bridgehead atoms. The Bertz CT molecular complexity index is 1110. The summed E-state index contributed by atoms with van der Waals surface area (Å²) >= 11 is 0. The van der Waals surface area contributed by atoms with Crippen molar-refractivity contribution in [3.8, 4) is 5.75 Å². The third kappa shape index (κ3) is 4.59. The maximum atomic E-state index is 13.7. The van der Waals surface area contributed by atoms with Crippen LogP contribution in [0.3, 0.4) is 0 Å². The van der Waals surface area contributed by atoms with Crippen molar-refractivity contribution in [1.29, 1.82) is 0 Å². The second kappa shape index (κ2) is 7.42. The number of sulfonamides is 1. The number of ether oxygens (including phenoxy) is 1. The number of aromatic nitrogens is 2. The Morgan fingerprint density at radius 2 is 2.07 bits per heavy atom. The van der Waals surface area contributed by atoms with Gasteiger partial charge in [0.05, 0.1) is 22.8 Å². The van der Waals surface area contributed by atoms with E-state index in [1.807, 2.05) is 38.1 Å². The molecule has 0 fully saturated rings. The fraction of sp³-hybridized carbons (Fsp3) is 0.381. The lowest BCUT2D eigenvalue weighted by Gasteiger charge is -2.37. The van der Waals surface area contributed by atoms with Crippen molar-refractivity contribution in [3.05, 3.63) is 59.7 Å². The van der Waals surface area contributed by atoms with Gasteiger partial charge in [0.15, 0.2) is 0 Å². The van der Waals surface area contributed by atoms with Crippen molar-refractivity contribution in [2.45, 2.75) is 44.8 Å². The summed E-state index contributed by atoms with van der Waals surface area (Å²) in [7, 11) is -3.56. The molecule has 0 saturated carbocycles. The molecule has 0 aliphatic carbocycles. The van der Waals surface area contributed by atoms with Crippen LogP contribution in [0.25, 0.3) is 11.0 Å². The van der Waals surface area contributed by atoms with E-state index in [0.29, 0.717) is 30.6 Å². The number of fused-ring (bicyclic) bond motifs is 2. The first kappa shape index (κ1) is 19.8. The molecule has 1 aliphatic rings. The number of H-pyrrole nitrogens is 1. The molecule has 3 aromatic rings. The number of rotatable bonds is 6. The number of aromatic amines is 1. The highest BCUT2D eigenvalue weighted by atomic mass is 32.2. The number of hydrogen-bond donors (Lipinski definition) is 2. The number of hydrogen-bond acceptors (Lipinski definition) is 4. The number of aryl methyl sites for hydroxylation is 1. The van der Waals surface area contributed by atoms with Crippen LogP contribution in [0, 0.1) is 5.82 Å². The van der Waals surface area contributed by atoms with Gasteiger partial charge in [-0.3, -0.25) is 0 Å². The van der Waals surface area contributed by atoms with Crippen LogP contribution in [0.1, 0.15) is 44.1 Å². The second-order valence-electron chi connectivity index (χ2n) is 8.04. The molecule has 29 heavy (non-hydrogen) atoms. The van der Waals surface area contributed by atoms with E-state index < -0.39 is 27.5 Å². The van der Waals surface area contributed by atoms with Gasteiger partial charge in [0.2, 0.25) is 10.0 Å². The molecule has 154 valence electrons. The lowest BCUT2D eigenvalue weighted by molar-refractivity contribution is 0.0699. The first-order valence-corrected chi connectivity index (χ1v) is 11.3. The summed E-state index contributed by atoms with van der Waals surface area (Å²) in [4.78, 5) is 7.69. The molecule has 0 amide bonds. The fourth-order valence-electron chi connectivity index (χ4n) is 3.76. The van der Waals surface area contributed by atoms with E-state index in [4.69, 9.17) is 4.74 Å². The summed E-state index contributed by atoms with van der Waals surface area (Å²) in [5, 5.41) is 0. The number of benzene rings is 2. The summed E-state index contributed by atoms with van der Waals surface area (Å²) in [6.07, 6.45) is 1.38. The Balaban J connectivity index is 1.43. The smallest absolute Gasteiger partial charge is 0.212 e. The molecule has 4 rings (SSSR count). The maximum Gasteiger partial charge on any atom is 0.212 e. The standard InChI is InChI=1S/C21H24FN3O3S/c1-21(2)13-18(15-12-14(22)9-10-19(15)28-21)25-29(26,27)11-5-8-20-23-16-6-3-4-7-17(16)24-20/h3-4,6-7,9-10,12,18,25H,5,8,11,13H2,1-2H3,(H,23,24). The average molecular weight is 418 g/mol. The van der Waals surface area contributed by atoms with Crippen molar-refractivity contribution < 1.29 is 17.5 Å². The van der Waals surface area contributed by atoms with Crippen LogP contribution in [-0.4, -0.2) is 29.7 Å². The van der Waals surface area contributed by atoms with Crippen molar-refractivity contribution in [2.24, 2.45) is 0 Å². The van der Waals surface area contributed by atoms with Gasteiger partial charge < -0.3 is 9.72 Å². The first-order valence-electron chi connectivity index (χ1n) is 9.63. The van der Waals surface area contributed by atoms with E-state index >= 15 is 0 Å². The van der Waals surface area contributed by atoms with Gasteiger partial charge in [-0.25, -0.2) is 22.5 Å². The van der Waals surface area contributed by atoms with Gasteiger partial charge in [0.1, 0.15) is 23.0 Å². The van der Waals surface area contributed by atoms with E-state index in [-0.39, 0.29) is 5.75 Å². The molecular formula is C21H24FN3O3S. The molecule has 2 N–H and O–H groups in total. The third-order valence-corrected chi connectivity index (χ3v) is 6.49. The lowest BCUT2D eigenvalue weighted by atomic mass is 9.90. The summed E-state index contributed by atoms with van der Waals surface area (Å²) < 4.78 is 47.7. The van der Waals surface area contributed by atoms with Gasteiger partial charge in [-0.1, -0.05) is 12.1 Å². The normalized spacial score (nSPS) is 18.4. The number of nitrogens with one attached hydrogen (secondary N) is 2. The third-order valence-electron chi connectivity index (χ3n) is 5.02. The van der Waals surface area contributed by atoms with Gasteiger partial charge >= 0.3 is 0 Å². The zero-order chi connectivity index (χ0) is 20.6. The fourth-order valence-corrected chi connectivity index (χ4v) is 5.05. The van der Waals surface area contributed by atoms with Gasteiger partial charge in [0.25, 0.3) is 0 Å². The minimum atomic E-state index is -3.56. The number of imidazole rings is 1. The molecule has 8 heteroatoms. The number of halogens is 1. The summed E-state index contributed by atoms with van der Waals surface area (Å²) in [5.74, 6) is 0.826. The van der Waals surface area contributed by atoms with E-state index in [0.717, 1.165) is 16.9 Å². The summed E-state index contributed by atoms with van der Waals surface area (Å²) in [5.41, 5.74) is 1.79. The van der Waals surface area contributed by atoms with Crippen LogP contribution in [0.4, 0.5) is 4.39 Å². The monoisotopic (exact) mass is 417 g/mol. The lowest BCUT2D eigenvalue weighted by Crippen LogP contribution is -2.42. The molecule has 2 heterocycles. The van der Waals surface area contributed by atoms with Crippen LogP contribution in [0.5, 0.6) is 5.75 Å². The van der Waals surface area contributed by atoms with Gasteiger partial charge in [-0.05, 0) is 50.6 Å². The molecule has 2 aromatic carbocycles. The van der Waals surface area contributed by atoms with Crippen LogP contribution in [0.15, 0.2) is 42.5 Å². The predicted molar refractivity (Wildman–Crippen MR) is 110 cm³/mol. The highest BCUT2D eigenvalue weighted by Crippen LogP contribution is 2.40. The molecule has 1 unspecified atom stereocenters. The highest BCUT2D eigenvalue weighted by molar-refractivity contribution is 7.89. The quantitative estimate of drug-likeness (QED) is 0.638. The predicted octanol–water partition coefficient (Wildman–Crippen LogP) is 3.86. The van der Waals surface area contributed by atoms with Crippen molar-refractivity contribution in [3.63, 3.8) is 0 Å². The topological polar surface area (TPSA) is 84.1 Å². The van der Waals surface area contributed by atoms with Crippen LogP contribution in [0.2, 0.25) is 0 Å². The highest BCUT2D eigenvalue weighted by Gasteiger charge is 2.35. The molecule has 0 radical (unpaired) electrons. The number of para-hydroxylation sites is 2. The van der Waals surface area contributed by atoms with Gasteiger partial charge in [0, 0.05) is 18.4 Å². The molecule has 1 atom stereocenters. The van der Waals surface area contributed by atoms with Gasteiger partial charge in [-0.2, -0.15) is 0 Å². The molecule has 0 spiro atoms. The van der Waals surface area contributed by atoms with Crippen LogP contribution >= 0.6 is 0 Å².